The third kappa shape index (κ3) is 5.30. The third-order valence-electron chi connectivity index (χ3n) is 6.28. The van der Waals surface area contributed by atoms with Crippen LogP contribution in [0.1, 0.15) is 22.5 Å². The van der Waals surface area contributed by atoms with Crippen molar-refractivity contribution < 1.29 is 4.39 Å². The van der Waals surface area contributed by atoms with Crippen LogP contribution in [0.2, 0.25) is 5.02 Å². The van der Waals surface area contributed by atoms with Crippen LogP contribution in [-0.2, 0) is 20.0 Å². The third-order valence-corrected chi connectivity index (χ3v) is 7.39. The van der Waals surface area contributed by atoms with Crippen molar-refractivity contribution in [2.75, 3.05) is 37.8 Å². The zero-order chi connectivity index (χ0) is 24.5. The van der Waals surface area contributed by atoms with E-state index >= 15 is 0 Å². The predicted octanol–water partition coefficient (Wildman–Crippen LogP) is 4.29. The van der Waals surface area contributed by atoms with Gasteiger partial charge in [0.05, 0.1) is 17.7 Å². The lowest BCUT2D eigenvalue weighted by molar-refractivity contribution is 0.186. The summed E-state index contributed by atoms with van der Waals surface area (Å²) in [5.74, 6) is 1.07. The van der Waals surface area contributed by atoms with Gasteiger partial charge >= 0.3 is 0 Å². The molecule has 0 bridgehead atoms. The lowest BCUT2D eigenvalue weighted by Gasteiger charge is -2.33. The van der Waals surface area contributed by atoms with Gasteiger partial charge in [-0.1, -0.05) is 29.6 Å². The maximum atomic E-state index is 14.6. The molecule has 35 heavy (non-hydrogen) atoms. The van der Waals surface area contributed by atoms with Gasteiger partial charge in [-0.05, 0) is 30.9 Å². The first kappa shape index (κ1) is 24.1. The predicted molar refractivity (Wildman–Crippen MR) is 139 cm³/mol. The van der Waals surface area contributed by atoms with Gasteiger partial charge in [0.1, 0.15) is 17.5 Å². The van der Waals surface area contributed by atoms with E-state index in [1.54, 1.807) is 30.4 Å². The van der Waals surface area contributed by atoms with Crippen LogP contribution in [0.3, 0.4) is 0 Å². The maximum absolute atomic E-state index is 14.6. The molecule has 5 rings (SSSR count). The van der Waals surface area contributed by atoms with Crippen LogP contribution in [0.15, 0.2) is 36.8 Å². The Labute approximate surface area is 213 Å². The van der Waals surface area contributed by atoms with E-state index in [0.29, 0.717) is 28.6 Å². The minimum absolute atomic E-state index is 0.328. The van der Waals surface area contributed by atoms with Crippen molar-refractivity contribution in [1.29, 1.82) is 0 Å². The Hall–Kier alpha value is -2.66. The van der Waals surface area contributed by atoms with Crippen molar-refractivity contribution in [3.63, 3.8) is 0 Å². The highest BCUT2D eigenvalue weighted by Crippen LogP contribution is 2.26. The molecule has 0 amide bonds. The Balaban J connectivity index is 1.53. The second-order valence-electron chi connectivity index (χ2n) is 8.78. The topological polar surface area (TPSA) is 66.5 Å². The summed E-state index contributed by atoms with van der Waals surface area (Å²) in [6.45, 7) is 6.70. The molecule has 1 aliphatic rings. The Kier molecular flexibility index (Phi) is 6.97. The van der Waals surface area contributed by atoms with E-state index in [2.05, 4.69) is 25.8 Å². The van der Waals surface area contributed by atoms with E-state index in [9.17, 15) is 4.39 Å². The molecule has 11 heteroatoms. The van der Waals surface area contributed by atoms with Gasteiger partial charge in [0, 0.05) is 69.0 Å². The Morgan fingerprint density at radius 1 is 1.14 bits per heavy atom. The molecule has 0 radical (unpaired) electrons. The van der Waals surface area contributed by atoms with Crippen molar-refractivity contribution in [2.24, 2.45) is 7.05 Å². The number of nitrogens with one attached hydrogen (secondary N) is 1. The zero-order valence-electron chi connectivity index (χ0n) is 20.0. The second kappa shape index (κ2) is 10.1. The first-order valence-electron chi connectivity index (χ1n) is 11.5. The molecular weight excluding hydrogens is 487 g/mol. The monoisotopic (exact) mass is 514 g/mol. The van der Waals surface area contributed by atoms with E-state index < -0.39 is 0 Å². The second-order valence-corrected chi connectivity index (χ2v) is 10.1. The average molecular weight is 515 g/mol. The van der Waals surface area contributed by atoms with Gasteiger partial charge in [-0.25, -0.2) is 23.2 Å². The van der Waals surface area contributed by atoms with Crippen molar-refractivity contribution >= 4 is 40.8 Å². The number of hydrogen-bond donors (Lipinski definition) is 1. The molecule has 3 aromatic heterocycles. The summed E-state index contributed by atoms with van der Waals surface area (Å²) in [4.78, 5) is 11.7. The smallest absolute Gasteiger partial charge is 0.161 e. The Morgan fingerprint density at radius 2 is 1.94 bits per heavy atom. The number of piperazine rings is 1. The standard InChI is InChI=1S/C24H28ClFN8S/c1-16-20(10-17-4-5-18(25)11-21(17)26)24-29-22(28-23-14-31(2)15-27-23)12-19(34(24)30-16)13-32-6-8-33(35-3)9-7-32/h4-5,11-12,14-15H,6-10,13H2,1-3H3,(H,28,29). The number of imidazole rings is 1. The first-order chi connectivity index (χ1) is 16.9. The van der Waals surface area contributed by atoms with Crippen molar-refractivity contribution in [2.45, 2.75) is 19.9 Å². The number of nitrogens with zero attached hydrogens (tertiary/aromatic N) is 7. The van der Waals surface area contributed by atoms with Crippen molar-refractivity contribution in [1.82, 2.24) is 33.4 Å². The number of benzene rings is 1. The largest absolute Gasteiger partial charge is 0.338 e. The molecule has 1 aromatic carbocycles. The summed E-state index contributed by atoms with van der Waals surface area (Å²) in [6, 6.07) is 6.81. The van der Waals surface area contributed by atoms with Gasteiger partial charge in [0.2, 0.25) is 0 Å². The fraction of sp³-hybridized carbons (Fsp3) is 0.375. The molecule has 4 aromatic rings. The highest BCUT2D eigenvalue weighted by molar-refractivity contribution is 7.96. The summed E-state index contributed by atoms with van der Waals surface area (Å²) >= 11 is 7.75. The maximum Gasteiger partial charge on any atom is 0.161 e. The normalized spacial score (nSPS) is 15.2. The summed E-state index contributed by atoms with van der Waals surface area (Å²) in [7, 11) is 1.92. The summed E-state index contributed by atoms with van der Waals surface area (Å²) in [5, 5.41) is 8.53. The van der Waals surface area contributed by atoms with E-state index in [0.717, 1.165) is 55.3 Å². The quantitative estimate of drug-likeness (QED) is 0.369. The van der Waals surface area contributed by atoms with Crippen LogP contribution in [0.5, 0.6) is 0 Å². The molecule has 0 aliphatic carbocycles. The molecule has 1 N–H and O–H groups in total. The molecule has 0 spiro atoms. The number of hydrogen-bond acceptors (Lipinski definition) is 7. The molecule has 0 saturated carbocycles. The average Bonchev–Trinajstić information content (AvgIpc) is 3.38. The van der Waals surface area contributed by atoms with Crippen LogP contribution in [0, 0.1) is 12.7 Å². The lowest BCUT2D eigenvalue weighted by atomic mass is 10.0. The molecule has 0 atom stereocenters. The summed E-state index contributed by atoms with van der Waals surface area (Å²) < 4.78 is 20.8. The molecule has 184 valence electrons. The molecule has 1 aliphatic heterocycles. The van der Waals surface area contributed by atoms with E-state index in [1.807, 2.05) is 35.3 Å². The van der Waals surface area contributed by atoms with Crippen LogP contribution in [0.25, 0.3) is 5.65 Å². The van der Waals surface area contributed by atoms with Crippen LogP contribution in [0.4, 0.5) is 16.0 Å². The van der Waals surface area contributed by atoms with Gasteiger partial charge < -0.3 is 9.88 Å². The van der Waals surface area contributed by atoms with Crippen LogP contribution in [-0.4, -0.2) is 65.8 Å². The van der Waals surface area contributed by atoms with Crippen molar-refractivity contribution in [3.8, 4) is 0 Å². The van der Waals surface area contributed by atoms with Crippen LogP contribution < -0.4 is 5.32 Å². The molecule has 1 saturated heterocycles. The lowest BCUT2D eigenvalue weighted by Crippen LogP contribution is -2.43. The SMILES string of the molecule is CSN1CCN(Cc2cc(Nc3cn(C)cn3)nc3c(Cc4ccc(Cl)cc4F)c(C)nn23)CC1. The minimum Gasteiger partial charge on any atom is -0.338 e. The van der Waals surface area contributed by atoms with Gasteiger partial charge in [0.15, 0.2) is 5.65 Å². The minimum atomic E-state index is -0.328. The fourth-order valence-corrected chi connectivity index (χ4v) is 5.06. The van der Waals surface area contributed by atoms with Gasteiger partial charge in [-0.15, -0.1) is 0 Å². The Bertz CT molecular complexity index is 1350. The number of fused-ring (bicyclic) bond motifs is 1. The number of aryl methyl sites for hydroxylation is 2. The van der Waals surface area contributed by atoms with Crippen LogP contribution >= 0.6 is 23.5 Å². The molecule has 0 unspecified atom stereocenters. The number of halogens is 2. The molecular formula is C24H28ClFN8S. The fourth-order valence-electron chi connectivity index (χ4n) is 4.37. The molecule has 1 fully saturated rings. The number of aromatic nitrogens is 5. The van der Waals surface area contributed by atoms with E-state index in [-0.39, 0.29) is 5.82 Å². The first-order valence-corrected chi connectivity index (χ1v) is 13.0. The molecule has 8 nitrogen and oxygen atoms in total. The van der Waals surface area contributed by atoms with E-state index in [1.165, 1.54) is 6.07 Å². The molecule has 4 heterocycles. The number of anilines is 2. The van der Waals surface area contributed by atoms with Gasteiger partial charge in [0.25, 0.3) is 0 Å². The number of rotatable bonds is 7. The van der Waals surface area contributed by atoms with Gasteiger partial charge in [-0.3, -0.25) is 4.90 Å². The Morgan fingerprint density at radius 3 is 2.63 bits per heavy atom. The van der Waals surface area contributed by atoms with Crippen molar-refractivity contribution in [3.05, 3.63) is 70.1 Å². The highest BCUT2D eigenvalue weighted by Gasteiger charge is 2.21. The zero-order valence-corrected chi connectivity index (χ0v) is 21.6. The summed E-state index contributed by atoms with van der Waals surface area (Å²) in [5.41, 5.74) is 4.03. The summed E-state index contributed by atoms with van der Waals surface area (Å²) in [6.07, 6.45) is 6.14. The van der Waals surface area contributed by atoms with Gasteiger partial charge in [-0.2, -0.15) is 5.10 Å². The highest BCUT2D eigenvalue weighted by atomic mass is 35.5. The van der Waals surface area contributed by atoms with E-state index in [4.69, 9.17) is 21.7 Å².